The van der Waals surface area contributed by atoms with Crippen molar-refractivity contribution in [3.05, 3.63) is 41.2 Å². The molecule has 1 amide bonds. The van der Waals surface area contributed by atoms with Crippen LogP contribution < -0.4 is 10.1 Å². The molecule has 4 rings (SSSR count). The van der Waals surface area contributed by atoms with Crippen LogP contribution in [0.15, 0.2) is 24.4 Å². The van der Waals surface area contributed by atoms with Gasteiger partial charge in [0.25, 0.3) is 0 Å². The summed E-state index contributed by atoms with van der Waals surface area (Å²) in [5.74, 6) is 0.318. The molecule has 1 N–H and O–H groups in total. The molecule has 2 aromatic rings. The first-order valence-electron chi connectivity index (χ1n) is 14.8. The average Bonchev–Trinajstić information content (AvgIpc) is 2.98. The Bertz CT molecular complexity index is 1270. The van der Waals surface area contributed by atoms with Gasteiger partial charge in [0.15, 0.2) is 5.78 Å². The molecule has 2 aliphatic rings. The van der Waals surface area contributed by atoms with Gasteiger partial charge >= 0.3 is 6.18 Å². The van der Waals surface area contributed by atoms with Gasteiger partial charge in [0.05, 0.1) is 24.1 Å². The third kappa shape index (κ3) is 8.44. The Kier molecular flexibility index (Phi) is 11.0. The first-order valence-corrected chi connectivity index (χ1v) is 14.8. The second-order valence-corrected chi connectivity index (χ2v) is 11.7. The maximum Gasteiger partial charge on any atom is 0.419 e. The molecule has 1 aromatic heterocycles. The number of nitrogens with zero attached hydrogens (tertiary/aromatic N) is 4. The number of alkyl halides is 3. The molecule has 1 aromatic carbocycles. The lowest BCUT2D eigenvalue weighted by atomic mass is 9.80. The van der Waals surface area contributed by atoms with E-state index in [4.69, 9.17) is 9.47 Å². The smallest absolute Gasteiger partial charge is 0.419 e. The summed E-state index contributed by atoms with van der Waals surface area (Å²) in [6.45, 7) is 1.87. The van der Waals surface area contributed by atoms with Gasteiger partial charge in [-0.05, 0) is 82.3 Å². The molecule has 12 heteroatoms. The normalized spacial score (nSPS) is 20.1. The number of likely N-dealkylation sites (tertiary alicyclic amines) is 1. The van der Waals surface area contributed by atoms with Crippen molar-refractivity contribution in [1.29, 1.82) is 0 Å². The Labute approximate surface area is 251 Å². The van der Waals surface area contributed by atoms with E-state index in [-0.39, 0.29) is 48.3 Å². The number of carbonyl (C=O) groups is 2. The van der Waals surface area contributed by atoms with Gasteiger partial charge in [-0.25, -0.2) is 9.97 Å². The van der Waals surface area contributed by atoms with Crippen molar-refractivity contribution in [3.63, 3.8) is 0 Å². The minimum atomic E-state index is -4.64. The summed E-state index contributed by atoms with van der Waals surface area (Å²) in [6.07, 6.45) is 1.77. The van der Waals surface area contributed by atoms with E-state index in [1.807, 2.05) is 0 Å². The Balaban J connectivity index is 1.54. The van der Waals surface area contributed by atoms with Gasteiger partial charge in [-0.1, -0.05) is 12.8 Å². The lowest BCUT2D eigenvalue weighted by Gasteiger charge is -2.38. The molecule has 2 fully saturated rings. The summed E-state index contributed by atoms with van der Waals surface area (Å²) in [5, 5.41) is 2.99. The van der Waals surface area contributed by atoms with Crippen LogP contribution in [0.3, 0.4) is 0 Å². The lowest BCUT2D eigenvalue weighted by Crippen LogP contribution is -2.45. The second-order valence-electron chi connectivity index (χ2n) is 11.7. The molecule has 0 bridgehead atoms. The summed E-state index contributed by atoms with van der Waals surface area (Å²) in [5.41, 5.74) is -0.0660. The second kappa shape index (κ2) is 14.5. The maximum absolute atomic E-state index is 14.0. The fourth-order valence-corrected chi connectivity index (χ4v) is 6.20. The van der Waals surface area contributed by atoms with Crippen molar-refractivity contribution in [3.8, 4) is 5.75 Å². The Morgan fingerprint density at radius 2 is 1.84 bits per heavy atom. The molecule has 236 valence electrons. The molecule has 9 nitrogen and oxygen atoms in total. The summed E-state index contributed by atoms with van der Waals surface area (Å²) in [4.78, 5) is 37.7. The number of likely N-dealkylation sites (N-methyl/N-ethyl adjacent to an activating group) is 1. The van der Waals surface area contributed by atoms with E-state index >= 15 is 0 Å². The van der Waals surface area contributed by atoms with Crippen molar-refractivity contribution in [2.45, 2.75) is 63.6 Å². The number of amides is 1. The molecule has 1 aliphatic heterocycles. The van der Waals surface area contributed by atoms with Gasteiger partial charge < -0.3 is 24.6 Å². The van der Waals surface area contributed by atoms with Crippen LogP contribution in [0.25, 0.3) is 0 Å². The van der Waals surface area contributed by atoms with Crippen molar-refractivity contribution in [2.75, 3.05) is 53.3 Å². The van der Waals surface area contributed by atoms with Gasteiger partial charge in [-0.15, -0.1) is 0 Å². The quantitative estimate of drug-likeness (QED) is 0.342. The predicted molar refractivity (Wildman–Crippen MR) is 157 cm³/mol. The van der Waals surface area contributed by atoms with Gasteiger partial charge in [-0.2, -0.15) is 13.2 Å². The fraction of sp³-hybridized carbons (Fsp3) is 0.613. The van der Waals surface area contributed by atoms with E-state index in [0.29, 0.717) is 42.2 Å². The third-order valence-electron chi connectivity index (χ3n) is 8.74. The number of nitrogens with one attached hydrogen (secondary N) is 1. The molecular weight excluding hydrogens is 563 g/mol. The van der Waals surface area contributed by atoms with E-state index in [9.17, 15) is 22.8 Å². The first kappa shape index (κ1) is 32.7. The Morgan fingerprint density at radius 3 is 2.51 bits per heavy atom. The number of aromatic nitrogens is 2. The summed E-state index contributed by atoms with van der Waals surface area (Å²) in [7, 11) is 6.66. The molecule has 1 saturated heterocycles. The van der Waals surface area contributed by atoms with E-state index in [2.05, 4.69) is 27.2 Å². The van der Waals surface area contributed by atoms with Crippen LogP contribution in [0.2, 0.25) is 0 Å². The minimum absolute atomic E-state index is 0.0112. The zero-order valence-corrected chi connectivity index (χ0v) is 25.4. The van der Waals surface area contributed by atoms with Gasteiger partial charge in [-0.3, -0.25) is 9.59 Å². The largest absolute Gasteiger partial charge is 0.495 e. The van der Waals surface area contributed by atoms with Gasteiger partial charge in [0.2, 0.25) is 11.9 Å². The fourth-order valence-electron chi connectivity index (χ4n) is 6.20. The van der Waals surface area contributed by atoms with E-state index in [1.54, 1.807) is 30.1 Å². The third-order valence-corrected chi connectivity index (χ3v) is 8.74. The van der Waals surface area contributed by atoms with Crippen LogP contribution in [0.1, 0.15) is 66.6 Å². The summed E-state index contributed by atoms with van der Waals surface area (Å²) in [6, 6.07) is 4.77. The Hall–Kier alpha value is -3.25. The molecule has 0 unspecified atom stereocenters. The molecule has 2 heterocycles. The number of hydrogen-bond acceptors (Lipinski definition) is 8. The number of piperidine rings is 1. The van der Waals surface area contributed by atoms with Crippen LogP contribution in [0.4, 0.5) is 24.8 Å². The zero-order chi connectivity index (χ0) is 31.1. The van der Waals surface area contributed by atoms with Gasteiger partial charge in [0.1, 0.15) is 12.4 Å². The van der Waals surface area contributed by atoms with E-state index < -0.39 is 11.7 Å². The number of benzene rings is 1. The Morgan fingerprint density at radius 1 is 1.12 bits per heavy atom. The number of rotatable bonds is 11. The molecule has 43 heavy (non-hydrogen) atoms. The highest BCUT2D eigenvalue weighted by atomic mass is 19.4. The van der Waals surface area contributed by atoms with Crippen LogP contribution >= 0.6 is 0 Å². The number of hydrogen-bond donors (Lipinski definition) is 1. The lowest BCUT2D eigenvalue weighted by molar-refractivity contribution is -0.140. The first-order chi connectivity index (χ1) is 20.5. The monoisotopic (exact) mass is 605 g/mol. The standard InChI is InChI=1S/C31H42F3N5O4/c1-38-13-11-20(12-14-38)15-27(40)22-9-10-24(28(17-22)43-4)36-30-35-18-23(31(32,33)34)25(37-30)16-21-7-5-6-8-26(21)39(2)29(41)19-42-3/h9-10,17-18,20-21,26H,5-8,11-16,19H2,1-4H3,(H,35,36,37)/t21-,26+/m0/s1. The highest BCUT2D eigenvalue weighted by Gasteiger charge is 2.38. The number of anilines is 2. The van der Waals surface area contributed by atoms with E-state index in [1.165, 1.54) is 14.2 Å². The van der Waals surface area contributed by atoms with Gasteiger partial charge in [0, 0.05) is 38.4 Å². The maximum atomic E-state index is 14.0. The molecule has 0 spiro atoms. The topological polar surface area (TPSA) is 96.9 Å². The number of methoxy groups -OCH3 is 2. The molecular formula is C31H42F3N5O4. The summed E-state index contributed by atoms with van der Waals surface area (Å²) >= 11 is 0. The SMILES string of the molecule is COCC(=O)N(C)[C@@H]1CCCC[C@H]1Cc1nc(Nc2ccc(C(=O)CC3CCN(C)CC3)cc2OC)ncc1C(F)(F)F. The highest BCUT2D eigenvalue weighted by molar-refractivity contribution is 5.97. The minimum Gasteiger partial charge on any atom is -0.495 e. The van der Waals surface area contributed by atoms with Crippen molar-refractivity contribution in [1.82, 2.24) is 19.8 Å². The zero-order valence-electron chi connectivity index (χ0n) is 25.4. The number of carbonyl (C=O) groups excluding carboxylic acids is 2. The molecule has 2 atom stereocenters. The average molecular weight is 606 g/mol. The van der Waals surface area contributed by atoms with Crippen LogP contribution in [-0.2, 0) is 22.1 Å². The predicted octanol–water partition coefficient (Wildman–Crippen LogP) is 5.37. The van der Waals surface area contributed by atoms with Crippen LogP contribution in [0, 0.1) is 11.8 Å². The number of Topliss-reactive ketones (excluding diaryl/α,β-unsaturated/α-hetero) is 1. The van der Waals surface area contributed by atoms with Crippen molar-refractivity contribution < 1.29 is 32.2 Å². The van der Waals surface area contributed by atoms with Crippen molar-refractivity contribution >= 4 is 23.3 Å². The molecule has 1 saturated carbocycles. The number of ether oxygens (including phenoxy) is 2. The number of ketones is 1. The molecule has 1 aliphatic carbocycles. The van der Waals surface area contributed by atoms with Crippen molar-refractivity contribution in [2.24, 2.45) is 11.8 Å². The van der Waals surface area contributed by atoms with Crippen LogP contribution in [0.5, 0.6) is 5.75 Å². The number of halogens is 3. The van der Waals surface area contributed by atoms with Crippen LogP contribution in [-0.4, -0.2) is 85.5 Å². The molecule has 0 radical (unpaired) electrons. The summed E-state index contributed by atoms with van der Waals surface area (Å²) < 4.78 is 52.6. The highest BCUT2D eigenvalue weighted by Crippen LogP contribution is 2.37. The van der Waals surface area contributed by atoms with E-state index in [0.717, 1.165) is 45.0 Å².